The lowest BCUT2D eigenvalue weighted by atomic mass is 10.2. The van der Waals surface area contributed by atoms with Gasteiger partial charge in [0, 0.05) is 19.7 Å². The van der Waals surface area contributed by atoms with Crippen LogP contribution in [-0.2, 0) is 4.79 Å². The van der Waals surface area contributed by atoms with Gasteiger partial charge in [0.05, 0.1) is 22.6 Å². The van der Waals surface area contributed by atoms with E-state index in [0.717, 1.165) is 17.0 Å². The quantitative estimate of drug-likeness (QED) is 0.637. The zero-order chi connectivity index (χ0) is 16.2. The number of nitrogens with zero attached hydrogens (tertiary/aromatic N) is 2. The van der Waals surface area contributed by atoms with Crippen molar-refractivity contribution in [2.24, 2.45) is 5.92 Å². The summed E-state index contributed by atoms with van der Waals surface area (Å²) in [6.07, 6.45) is 0. The third kappa shape index (κ3) is 4.41. The number of rotatable bonds is 5. The van der Waals surface area contributed by atoms with E-state index in [2.05, 4.69) is 5.32 Å². The molecule has 0 saturated heterocycles. The fourth-order valence-electron chi connectivity index (χ4n) is 1.50. The van der Waals surface area contributed by atoms with Gasteiger partial charge in [0.25, 0.3) is 5.69 Å². The fourth-order valence-corrected chi connectivity index (χ4v) is 1.50. The van der Waals surface area contributed by atoms with E-state index < -0.39 is 34.3 Å². The lowest BCUT2D eigenvalue weighted by molar-refractivity contribution is -0.385. The van der Waals surface area contributed by atoms with Crippen LogP contribution in [0.5, 0.6) is 0 Å². The highest BCUT2D eigenvalue weighted by Gasteiger charge is 2.19. The molecule has 0 spiro atoms. The summed E-state index contributed by atoms with van der Waals surface area (Å²) in [4.78, 5) is 33.2. The monoisotopic (exact) mass is 299 g/mol. The topological polar surface area (TPSA) is 113 Å². The number of nitrogens with one attached hydrogen (secondary N) is 1. The number of urea groups is 1. The molecule has 0 aromatic heterocycles. The van der Waals surface area contributed by atoms with Crippen molar-refractivity contribution in [3.05, 3.63) is 34.1 Å². The van der Waals surface area contributed by atoms with Gasteiger partial charge in [-0.2, -0.15) is 0 Å². The standard InChI is InChI=1S/C12H14FN3O5/c1-7(11(17)18)6-15(2)12(19)14-10-4-3-8(16(20)21)5-9(10)13/h3-5,7H,6H2,1-2H3,(H,14,19)(H,17,18). The summed E-state index contributed by atoms with van der Waals surface area (Å²) in [5, 5.41) is 21.4. The van der Waals surface area contributed by atoms with E-state index >= 15 is 0 Å². The van der Waals surface area contributed by atoms with Crippen LogP contribution in [0.2, 0.25) is 0 Å². The van der Waals surface area contributed by atoms with Crippen molar-refractivity contribution in [3.63, 3.8) is 0 Å². The third-order valence-electron chi connectivity index (χ3n) is 2.72. The first-order chi connectivity index (χ1) is 9.72. The molecular formula is C12H14FN3O5. The Hall–Kier alpha value is -2.71. The van der Waals surface area contributed by atoms with E-state index in [9.17, 15) is 24.1 Å². The van der Waals surface area contributed by atoms with Gasteiger partial charge in [-0.15, -0.1) is 0 Å². The minimum Gasteiger partial charge on any atom is -0.481 e. The van der Waals surface area contributed by atoms with Crippen molar-refractivity contribution in [3.8, 4) is 0 Å². The van der Waals surface area contributed by atoms with Crippen LogP contribution in [0.25, 0.3) is 0 Å². The molecule has 0 fully saturated rings. The van der Waals surface area contributed by atoms with Crippen LogP contribution >= 0.6 is 0 Å². The molecule has 1 rings (SSSR count). The van der Waals surface area contributed by atoms with Gasteiger partial charge in [0.2, 0.25) is 0 Å². The summed E-state index contributed by atoms with van der Waals surface area (Å²) in [5.41, 5.74) is -0.654. The van der Waals surface area contributed by atoms with Crippen LogP contribution in [0.3, 0.4) is 0 Å². The molecule has 0 heterocycles. The predicted octanol–water partition coefficient (Wildman–Crippen LogP) is 1.92. The molecule has 0 aliphatic rings. The zero-order valence-electron chi connectivity index (χ0n) is 11.4. The number of hydrogen-bond donors (Lipinski definition) is 2. The van der Waals surface area contributed by atoms with Gasteiger partial charge in [0.15, 0.2) is 5.82 Å². The molecular weight excluding hydrogens is 285 g/mol. The van der Waals surface area contributed by atoms with Crippen molar-refractivity contribution >= 4 is 23.4 Å². The first-order valence-electron chi connectivity index (χ1n) is 5.91. The number of aliphatic carboxylic acids is 1. The zero-order valence-corrected chi connectivity index (χ0v) is 11.4. The number of benzene rings is 1. The molecule has 1 atom stereocenters. The Morgan fingerprint density at radius 2 is 2.14 bits per heavy atom. The van der Waals surface area contributed by atoms with Crippen LogP contribution in [0.4, 0.5) is 20.6 Å². The van der Waals surface area contributed by atoms with E-state index in [1.54, 1.807) is 0 Å². The maximum absolute atomic E-state index is 13.6. The van der Waals surface area contributed by atoms with Crippen LogP contribution in [0.15, 0.2) is 18.2 Å². The van der Waals surface area contributed by atoms with Gasteiger partial charge in [0.1, 0.15) is 0 Å². The summed E-state index contributed by atoms with van der Waals surface area (Å²) in [5.74, 6) is -2.78. The number of carboxylic acids is 1. The van der Waals surface area contributed by atoms with Crippen LogP contribution in [0.1, 0.15) is 6.92 Å². The SMILES string of the molecule is CC(CN(C)C(=O)Nc1ccc([N+](=O)[O-])cc1F)C(=O)O. The second-order valence-electron chi connectivity index (χ2n) is 4.47. The molecule has 2 N–H and O–H groups in total. The van der Waals surface area contributed by atoms with Gasteiger partial charge in [-0.05, 0) is 6.07 Å². The normalized spacial score (nSPS) is 11.6. The Labute approximate surface area is 119 Å². The smallest absolute Gasteiger partial charge is 0.321 e. The Balaban J connectivity index is 2.74. The third-order valence-corrected chi connectivity index (χ3v) is 2.72. The summed E-state index contributed by atoms with van der Waals surface area (Å²) in [6.45, 7) is 1.37. The highest BCUT2D eigenvalue weighted by atomic mass is 19.1. The summed E-state index contributed by atoms with van der Waals surface area (Å²) in [6, 6.07) is 2.10. The van der Waals surface area contributed by atoms with Gasteiger partial charge < -0.3 is 15.3 Å². The molecule has 21 heavy (non-hydrogen) atoms. The number of anilines is 1. The molecule has 114 valence electrons. The molecule has 2 amide bonds. The number of carboxylic acid groups (broad SMARTS) is 1. The Morgan fingerprint density at radius 1 is 1.52 bits per heavy atom. The van der Waals surface area contributed by atoms with Crippen molar-refractivity contribution in [1.29, 1.82) is 0 Å². The molecule has 0 saturated carbocycles. The largest absolute Gasteiger partial charge is 0.481 e. The number of halogens is 1. The molecule has 9 heteroatoms. The van der Waals surface area contributed by atoms with Crippen molar-refractivity contribution in [2.75, 3.05) is 18.9 Å². The molecule has 0 aliphatic carbocycles. The number of nitro benzene ring substituents is 1. The number of carbonyl (C=O) groups is 2. The lowest BCUT2D eigenvalue weighted by Crippen LogP contribution is -2.36. The number of non-ortho nitro benzene ring substituents is 1. The van der Waals surface area contributed by atoms with Crippen molar-refractivity contribution in [1.82, 2.24) is 4.90 Å². The van der Waals surface area contributed by atoms with Gasteiger partial charge >= 0.3 is 12.0 Å². The molecule has 0 bridgehead atoms. The van der Waals surface area contributed by atoms with Gasteiger partial charge in [-0.25, -0.2) is 9.18 Å². The molecule has 0 aliphatic heterocycles. The minimum atomic E-state index is -1.06. The second-order valence-corrected chi connectivity index (χ2v) is 4.47. The van der Waals surface area contributed by atoms with Crippen LogP contribution in [0, 0.1) is 21.8 Å². The molecule has 8 nitrogen and oxygen atoms in total. The predicted molar refractivity (Wildman–Crippen MR) is 71.5 cm³/mol. The van der Waals surface area contributed by atoms with E-state index in [-0.39, 0.29) is 12.2 Å². The average Bonchev–Trinajstić information content (AvgIpc) is 2.40. The number of hydrogen-bond acceptors (Lipinski definition) is 4. The van der Waals surface area contributed by atoms with E-state index in [1.807, 2.05) is 0 Å². The maximum atomic E-state index is 13.6. The summed E-state index contributed by atoms with van der Waals surface area (Å²) < 4.78 is 13.6. The van der Waals surface area contributed by atoms with Crippen LogP contribution < -0.4 is 5.32 Å². The lowest BCUT2D eigenvalue weighted by Gasteiger charge is -2.20. The number of carbonyl (C=O) groups excluding carboxylic acids is 1. The highest BCUT2D eigenvalue weighted by molar-refractivity contribution is 5.89. The summed E-state index contributed by atoms with van der Waals surface area (Å²) >= 11 is 0. The van der Waals surface area contributed by atoms with Crippen LogP contribution in [-0.4, -0.2) is 40.5 Å². The molecule has 1 unspecified atom stereocenters. The minimum absolute atomic E-state index is 0.0598. The number of nitro groups is 1. The Bertz CT molecular complexity index is 578. The Kier molecular flexibility index (Phi) is 5.17. The van der Waals surface area contributed by atoms with Gasteiger partial charge in [-0.1, -0.05) is 6.92 Å². The second kappa shape index (κ2) is 6.64. The van der Waals surface area contributed by atoms with Crippen molar-refractivity contribution in [2.45, 2.75) is 6.92 Å². The maximum Gasteiger partial charge on any atom is 0.321 e. The van der Waals surface area contributed by atoms with E-state index in [4.69, 9.17) is 5.11 Å². The summed E-state index contributed by atoms with van der Waals surface area (Å²) in [7, 11) is 1.36. The van der Waals surface area contributed by atoms with Crippen molar-refractivity contribution < 1.29 is 24.0 Å². The number of amides is 2. The van der Waals surface area contributed by atoms with Gasteiger partial charge in [-0.3, -0.25) is 14.9 Å². The fraction of sp³-hybridized carbons (Fsp3) is 0.333. The molecule has 0 radical (unpaired) electrons. The van der Waals surface area contributed by atoms with E-state index in [0.29, 0.717) is 6.07 Å². The first kappa shape index (κ1) is 16.3. The highest BCUT2D eigenvalue weighted by Crippen LogP contribution is 2.20. The van der Waals surface area contributed by atoms with E-state index in [1.165, 1.54) is 14.0 Å². The average molecular weight is 299 g/mol. The molecule has 1 aromatic rings. The first-order valence-corrected chi connectivity index (χ1v) is 5.91. The molecule has 1 aromatic carbocycles. The Morgan fingerprint density at radius 3 is 2.62 bits per heavy atom.